The molecule has 1 unspecified atom stereocenters. The van der Waals surface area contributed by atoms with E-state index in [1.54, 1.807) is 4.90 Å². The maximum Gasteiger partial charge on any atom is 0.224 e. The van der Waals surface area contributed by atoms with E-state index in [1.165, 1.54) is 0 Å². The lowest BCUT2D eigenvalue weighted by Gasteiger charge is -2.21. The van der Waals surface area contributed by atoms with Gasteiger partial charge in [0, 0.05) is 25.0 Å². The highest BCUT2D eigenvalue weighted by molar-refractivity contribution is 7.88. The van der Waals surface area contributed by atoms with Crippen molar-refractivity contribution in [3.63, 3.8) is 0 Å². The van der Waals surface area contributed by atoms with Crippen LogP contribution in [0, 0.1) is 6.92 Å². The Balaban J connectivity index is 1.99. The lowest BCUT2D eigenvalue weighted by Crippen LogP contribution is -2.39. The first kappa shape index (κ1) is 16.0. The van der Waals surface area contributed by atoms with Crippen molar-refractivity contribution < 1.29 is 13.2 Å². The lowest BCUT2D eigenvalue weighted by molar-refractivity contribution is -0.129. The molecule has 1 amide bonds. The maximum absolute atomic E-state index is 12.2. The summed E-state index contributed by atoms with van der Waals surface area (Å²) in [5, 5.41) is 0. The summed E-state index contributed by atoms with van der Waals surface area (Å²) in [6, 6.07) is 7.19. The van der Waals surface area contributed by atoms with Crippen LogP contribution in [0.1, 0.15) is 31.4 Å². The molecule has 5 nitrogen and oxygen atoms in total. The van der Waals surface area contributed by atoms with E-state index in [2.05, 4.69) is 4.72 Å². The van der Waals surface area contributed by atoms with Crippen molar-refractivity contribution in [2.45, 2.75) is 45.0 Å². The molecule has 1 aromatic carbocycles. The molecule has 1 aliphatic heterocycles. The monoisotopic (exact) mass is 310 g/mol. The van der Waals surface area contributed by atoms with Gasteiger partial charge in [-0.05, 0) is 26.3 Å². The van der Waals surface area contributed by atoms with E-state index >= 15 is 0 Å². The number of benzene rings is 1. The van der Waals surface area contributed by atoms with Gasteiger partial charge in [0.2, 0.25) is 15.9 Å². The Hall–Kier alpha value is -1.40. The highest BCUT2D eigenvalue weighted by atomic mass is 32.2. The number of aryl methyl sites for hydroxylation is 1. The molecule has 21 heavy (non-hydrogen) atoms. The highest BCUT2D eigenvalue weighted by Crippen LogP contribution is 2.16. The molecule has 0 bridgehead atoms. The molecule has 0 radical (unpaired) electrons. The summed E-state index contributed by atoms with van der Waals surface area (Å²) < 4.78 is 27.0. The normalized spacial score (nSPS) is 19.5. The second kappa shape index (κ2) is 6.15. The first-order valence-electron chi connectivity index (χ1n) is 7.12. The van der Waals surface area contributed by atoms with Crippen LogP contribution in [-0.2, 0) is 20.6 Å². The topological polar surface area (TPSA) is 66.5 Å². The number of nitrogens with zero attached hydrogens (tertiary/aromatic N) is 1. The second-order valence-electron chi connectivity index (χ2n) is 5.90. The van der Waals surface area contributed by atoms with E-state index in [1.807, 2.05) is 45.0 Å². The van der Waals surface area contributed by atoms with Crippen LogP contribution in [0.3, 0.4) is 0 Å². The minimum absolute atomic E-state index is 0.00744. The number of sulfonamides is 1. The van der Waals surface area contributed by atoms with Gasteiger partial charge in [-0.1, -0.05) is 29.8 Å². The van der Waals surface area contributed by atoms with Crippen LogP contribution in [0.15, 0.2) is 24.3 Å². The van der Waals surface area contributed by atoms with Crippen LogP contribution in [0.25, 0.3) is 0 Å². The van der Waals surface area contributed by atoms with E-state index in [-0.39, 0.29) is 30.2 Å². The number of hydrogen-bond donors (Lipinski definition) is 1. The van der Waals surface area contributed by atoms with Crippen molar-refractivity contribution in [2.24, 2.45) is 0 Å². The SMILES string of the molecule is Cc1ccc(CS(=O)(=O)NC2CC(=O)N(C(C)C)C2)cc1. The van der Waals surface area contributed by atoms with Crippen molar-refractivity contribution >= 4 is 15.9 Å². The van der Waals surface area contributed by atoms with Crippen LogP contribution in [0.4, 0.5) is 0 Å². The van der Waals surface area contributed by atoms with Gasteiger partial charge in [-0.3, -0.25) is 4.79 Å². The van der Waals surface area contributed by atoms with Gasteiger partial charge < -0.3 is 4.90 Å². The second-order valence-corrected chi connectivity index (χ2v) is 7.66. The molecule has 0 aromatic heterocycles. The van der Waals surface area contributed by atoms with Gasteiger partial charge in [0.25, 0.3) is 0 Å². The van der Waals surface area contributed by atoms with E-state index in [9.17, 15) is 13.2 Å². The van der Waals surface area contributed by atoms with Gasteiger partial charge in [0.1, 0.15) is 0 Å². The summed E-state index contributed by atoms with van der Waals surface area (Å²) in [6.07, 6.45) is 0.241. The molecule has 116 valence electrons. The molecule has 6 heteroatoms. The van der Waals surface area contributed by atoms with Crippen molar-refractivity contribution in [3.8, 4) is 0 Å². The van der Waals surface area contributed by atoms with Crippen molar-refractivity contribution in [1.29, 1.82) is 0 Å². The van der Waals surface area contributed by atoms with E-state index in [4.69, 9.17) is 0 Å². The number of amides is 1. The van der Waals surface area contributed by atoms with Gasteiger partial charge in [-0.25, -0.2) is 13.1 Å². The zero-order chi connectivity index (χ0) is 15.6. The number of likely N-dealkylation sites (tertiary alicyclic amines) is 1. The zero-order valence-corrected chi connectivity index (χ0v) is 13.5. The highest BCUT2D eigenvalue weighted by Gasteiger charge is 2.33. The first-order chi connectivity index (χ1) is 9.77. The van der Waals surface area contributed by atoms with Crippen LogP contribution >= 0.6 is 0 Å². The number of rotatable bonds is 5. The van der Waals surface area contributed by atoms with E-state index in [0.717, 1.165) is 11.1 Å². The molecule has 0 saturated carbocycles. The third-order valence-corrected chi connectivity index (χ3v) is 5.01. The largest absolute Gasteiger partial charge is 0.339 e. The van der Waals surface area contributed by atoms with Crippen molar-refractivity contribution in [2.75, 3.05) is 6.54 Å². The minimum atomic E-state index is -3.43. The third kappa shape index (κ3) is 4.28. The van der Waals surface area contributed by atoms with Crippen molar-refractivity contribution in [1.82, 2.24) is 9.62 Å². The fraction of sp³-hybridized carbons (Fsp3) is 0.533. The van der Waals surface area contributed by atoms with Gasteiger partial charge in [0.05, 0.1) is 5.75 Å². The molecule has 1 saturated heterocycles. The average Bonchev–Trinajstić information content (AvgIpc) is 2.72. The summed E-state index contributed by atoms with van der Waals surface area (Å²) in [5.74, 6) is -0.0485. The smallest absolute Gasteiger partial charge is 0.224 e. The number of carbonyl (C=O) groups is 1. The molecular weight excluding hydrogens is 288 g/mol. The maximum atomic E-state index is 12.2. The Labute approximate surface area is 126 Å². The molecule has 1 aromatic rings. The number of nitrogens with one attached hydrogen (secondary N) is 1. The lowest BCUT2D eigenvalue weighted by atomic mass is 10.2. The summed E-state index contributed by atoms with van der Waals surface area (Å²) in [5.41, 5.74) is 1.84. The molecule has 2 rings (SSSR count). The summed E-state index contributed by atoms with van der Waals surface area (Å²) in [6.45, 7) is 6.27. The number of hydrogen-bond acceptors (Lipinski definition) is 3. The van der Waals surface area contributed by atoms with Gasteiger partial charge in [-0.2, -0.15) is 0 Å². The fourth-order valence-electron chi connectivity index (χ4n) is 2.51. The van der Waals surface area contributed by atoms with E-state index in [0.29, 0.717) is 6.54 Å². The summed E-state index contributed by atoms with van der Waals surface area (Å²) >= 11 is 0. The quantitative estimate of drug-likeness (QED) is 0.894. The molecule has 0 aliphatic carbocycles. The van der Waals surface area contributed by atoms with Crippen LogP contribution in [0.5, 0.6) is 0 Å². The average molecular weight is 310 g/mol. The van der Waals surface area contributed by atoms with Gasteiger partial charge >= 0.3 is 0 Å². The molecule has 1 atom stereocenters. The van der Waals surface area contributed by atoms with Crippen LogP contribution in [-0.4, -0.2) is 37.9 Å². The summed E-state index contributed by atoms with van der Waals surface area (Å²) in [7, 11) is -3.43. The minimum Gasteiger partial charge on any atom is -0.339 e. The molecule has 1 aliphatic rings. The van der Waals surface area contributed by atoms with E-state index < -0.39 is 10.0 Å². The Bertz CT molecular complexity index is 608. The predicted molar refractivity (Wildman–Crippen MR) is 82.2 cm³/mol. The molecule has 1 N–H and O–H groups in total. The number of carbonyl (C=O) groups excluding carboxylic acids is 1. The fourth-order valence-corrected chi connectivity index (χ4v) is 3.89. The Morgan fingerprint density at radius 1 is 1.29 bits per heavy atom. The van der Waals surface area contributed by atoms with Crippen LogP contribution in [0.2, 0.25) is 0 Å². The Morgan fingerprint density at radius 2 is 1.90 bits per heavy atom. The first-order valence-corrected chi connectivity index (χ1v) is 8.77. The molecule has 1 heterocycles. The molecule has 1 fully saturated rings. The Morgan fingerprint density at radius 3 is 2.43 bits per heavy atom. The van der Waals surface area contributed by atoms with Gasteiger partial charge in [0.15, 0.2) is 0 Å². The van der Waals surface area contributed by atoms with Crippen LogP contribution < -0.4 is 4.72 Å². The van der Waals surface area contributed by atoms with Gasteiger partial charge in [-0.15, -0.1) is 0 Å². The molecule has 0 spiro atoms. The Kier molecular flexibility index (Phi) is 4.68. The standard InChI is InChI=1S/C15H22N2O3S/c1-11(2)17-9-14(8-15(17)18)16-21(19,20)10-13-6-4-12(3)5-7-13/h4-7,11,14,16H,8-10H2,1-3H3. The zero-order valence-electron chi connectivity index (χ0n) is 12.7. The van der Waals surface area contributed by atoms with Crippen molar-refractivity contribution in [3.05, 3.63) is 35.4 Å². The molecular formula is C15H22N2O3S. The third-order valence-electron chi connectivity index (χ3n) is 3.61. The predicted octanol–water partition coefficient (Wildman–Crippen LogP) is 1.42. The summed E-state index contributed by atoms with van der Waals surface area (Å²) in [4.78, 5) is 13.5.